The summed E-state index contributed by atoms with van der Waals surface area (Å²) in [5, 5.41) is 0. The van der Waals surface area contributed by atoms with E-state index in [-0.39, 0.29) is 38.6 Å². The van der Waals surface area contributed by atoms with Crippen LogP contribution in [0.1, 0.15) is 373 Å². The van der Waals surface area contributed by atoms with Crippen molar-refractivity contribution in [3.63, 3.8) is 0 Å². The Balaban J connectivity index is 3.71. The molecule has 79 heavy (non-hydrogen) atoms. The Kier molecular flexibility index (Phi) is 64.4. The van der Waals surface area contributed by atoms with E-state index in [2.05, 4.69) is 38.2 Å². The molecule has 0 spiro atoms. The topological polar surface area (TPSA) is 134 Å². The van der Waals surface area contributed by atoms with Gasteiger partial charge in [-0.1, -0.05) is 340 Å². The number of unbranched alkanes of at least 4 members (excludes halogenated alkanes) is 50. The van der Waals surface area contributed by atoms with Gasteiger partial charge in [-0.15, -0.1) is 0 Å². The highest BCUT2D eigenvalue weighted by Crippen LogP contribution is 2.43. The molecule has 9 nitrogen and oxygen atoms in total. The zero-order valence-corrected chi connectivity index (χ0v) is 53.5. The summed E-state index contributed by atoms with van der Waals surface area (Å²) in [6.45, 7) is 3.81. The lowest BCUT2D eigenvalue weighted by molar-refractivity contribution is -0.161. The van der Waals surface area contributed by atoms with Crippen LogP contribution in [-0.2, 0) is 32.7 Å². The van der Waals surface area contributed by atoms with Crippen molar-refractivity contribution in [2.75, 3.05) is 26.4 Å². The average Bonchev–Trinajstić information content (AvgIpc) is 3.44. The lowest BCUT2D eigenvalue weighted by atomic mass is 10.0. The highest BCUT2D eigenvalue weighted by molar-refractivity contribution is 7.47. The molecule has 3 N–H and O–H groups in total. The molecule has 0 aromatic heterocycles. The number of phosphoric ester groups is 1. The van der Waals surface area contributed by atoms with E-state index in [1.54, 1.807) is 0 Å². The second-order valence-electron chi connectivity index (χ2n) is 23.8. The normalized spacial score (nSPS) is 13.0. The smallest absolute Gasteiger partial charge is 0.462 e. The maximum Gasteiger partial charge on any atom is 0.472 e. The largest absolute Gasteiger partial charge is 0.472 e. The van der Waals surface area contributed by atoms with Crippen molar-refractivity contribution in [3.05, 3.63) is 24.3 Å². The third kappa shape index (κ3) is 65.5. The zero-order valence-electron chi connectivity index (χ0n) is 52.6. The van der Waals surface area contributed by atoms with Crippen molar-refractivity contribution in [3.8, 4) is 0 Å². The minimum Gasteiger partial charge on any atom is -0.462 e. The van der Waals surface area contributed by atoms with Gasteiger partial charge in [0.25, 0.3) is 0 Å². The summed E-state index contributed by atoms with van der Waals surface area (Å²) in [5.41, 5.74) is 5.39. The number of rotatable bonds is 67. The van der Waals surface area contributed by atoms with Crippen LogP contribution < -0.4 is 5.73 Å². The van der Waals surface area contributed by atoms with E-state index in [1.165, 1.54) is 302 Å². The monoisotopic (exact) mass is 1140 g/mol. The van der Waals surface area contributed by atoms with Crippen LogP contribution in [0.25, 0.3) is 0 Å². The van der Waals surface area contributed by atoms with Crippen LogP contribution in [-0.4, -0.2) is 49.3 Å². The quantitative estimate of drug-likeness (QED) is 0.0264. The fourth-order valence-electron chi connectivity index (χ4n) is 10.7. The predicted octanol–water partition coefficient (Wildman–Crippen LogP) is 22.5. The molecule has 468 valence electrons. The maximum absolute atomic E-state index is 12.7. The summed E-state index contributed by atoms with van der Waals surface area (Å²) in [5.74, 6) is -0.803. The molecule has 0 aromatic carbocycles. The highest BCUT2D eigenvalue weighted by atomic mass is 31.2. The summed E-state index contributed by atoms with van der Waals surface area (Å²) in [6, 6.07) is 0. The summed E-state index contributed by atoms with van der Waals surface area (Å²) >= 11 is 0. The third-order valence-corrected chi connectivity index (χ3v) is 16.8. The Bertz CT molecular complexity index is 1340. The van der Waals surface area contributed by atoms with Crippen molar-refractivity contribution in [1.29, 1.82) is 0 Å². The number of esters is 2. The van der Waals surface area contributed by atoms with Gasteiger partial charge in [-0.2, -0.15) is 0 Å². The van der Waals surface area contributed by atoms with Crippen molar-refractivity contribution in [2.24, 2.45) is 5.73 Å². The molecule has 0 rings (SSSR count). The Hall–Kier alpha value is -1.51. The molecule has 0 aliphatic heterocycles. The van der Waals surface area contributed by atoms with Crippen molar-refractivity contribution >= 4 is 19.8 Å². The van der Waals surface area contributed by atoms with Crippen LogP contribution in [0.5, 0.6) is 0 Å². The highest BCUT2D eigenvalue weighted by Gasteiger charge is 2.26. The zero-order chi connectivity index (χ0) is 57.3. The van der Waals surface area contributed by atoms with E-state index in [9.17, 15) is 19.0 Å². The molecule has 0 aromatic rings. The molecule has 0 saturated carbocycles. The van der Waals surface area contributed by atoms with Crippen molar-refractivity contribution < 1.29 is 37.6 Å². The van der Waals surface area contributed by atoms with Crippen LogP contribution in [0, 0.1) is 0 Å². The van der Waals surface area contributed by atoms with Crippen LogP contribution in [0.15, 0.2) is 24.3 Å². The fraction of sp³-hybridized carbons (Fsp3) is 0.913. The van der Waals surface area contributed by atoms with Gasteiger partial charge in [0.15, 0.2) is 6.10 Å². The van der Waals surface area contributed by atoms with Gasteiger partial charge >= 0.3 is 19.8 Å². The van der Waals surface area contributed by atoms with Crippen LogP contribution in [0.2, 0.25) is 0 Å². The van der Waals surface area contributed by atoms with E-state index in [1.807, 2.05) is 0 Å². The lowest BCUT2D eigenvalue weighted by Gasteiger charge is -2.19. The number of phosphoric acid groups is 1. The molecule has 10 heteroatoms. The first kappa shape index (κ1) is 77.5. The van der Waals surface area contributed by atoms with E-state index >= 15 is 0 Å². The predicted molar refractivity (Wildman–Crippen MR) is 340 cm³/mol. The van der Waals surface area contributed by atoms with Gasteiger partial charge in [-0.25, -0.2) is 4.57 Å². The van der Waals surface area contributed by atoms with Crippen LogP contribution >= 0.6 is 7.82 Å². The first-order chi connectivity index (χ1) is 38.8. The number of hydrogen-bond donors (Lipinski definition) is 2. The van der Waals surface area contributed by atoms with Gasteiger partial charge < -0.3 is 20.1 Å². The van der Waals surface area contributed by atoms with E-state index in [0.29, 0.717) is 6.42 Å². The molecule has 0 radical (unpaired) electrons. The number of ether oxygens (including phenoxy) is 2. The van der Waals surface area contributed by atoms with Crippen molar-refractivity contribution in [1.82, 2.24) is 0 Å². The summed E-state index contributed by atoms with van der Waals surface area (Å²) in [4.78, 5) is 35.2. The molecule has 0 aliphatic rings. The van der Waals surface area contributed by atoms with Gasteiger partial charge in [-0.05, 0) is 44.9 Å². The van der Waals surface area contributed by atoms with Gasteiger partial charge in [-0.3, -0.25) is 18.6 Å². The molecular weight excluding hydrogens is 1000 g/mol. The first-order valence-corrected chi connectivity index (χ1v) is 36.3. The maximum atomic E-state index is 12.7. The molecule has 0 amide bonds. The van der Waals surface area contributed by atoms with Gasteiger partial charge in [0.2, 0.25) is 0 Å². The lowest BCUT2D eigenvalue weighted by Crippen LogP contribution is -2.29. The fourth-order valence-corrected chi connectivity index (χ4v) is 11.4. The summed E-state index contributed by atoms with van der Waals surface area (Å²) in [6.07, 6.45) is 80.1. The molecule has 0 fully saturated rings. The SMILES string of the molecule is CCCCCCC/C=C\C/C=C\CCCCCCCCCCCCCCCCCCCCCCCCCCCCCCCC(=O)OC(COC(=O)CCCCCCCCCCCCCCCCCCC)COP(=O)(O)OCCN. The number of hydrogen-bond acceptors (Lipinski definition) is 8. The standard InChI is InChI=1S/C69H134NO8P/c1-3-5-7-9-11-13-15-17-19-21-22-23-24-25-26-27-28-29-30-31-32-33-34-35-36-37-38-39-40-41-42-43-44-46-48-50-52-54-56-58-60-62-69(72)78-67(66-77-79(73,74)76-64-63-70)65-75-68(71)61-59-57-55-53-51-49-47-45-20-18-16-14-12-10-8-6-4-2/h15,17,21-22,67H,3-14,16,18-20,23-66,70H2,1-2H3,(H,73,74)/b17-15-,22-21-. The third-order valence-electron chi connectivity index (χ3n) is 15.8. The Morgan fingerprint density at radius 2 is 0.658 bits per heavy atom. The number of carbonyl (C=O) groups is 2. The second kappa shape index (κ2) is 65.6. The van der Waals surface area contributed by atoms with Gasteiger partial charge in [0.1, 0.15) is 6.61 Å². The minimum absolute atomic E-state index is 0.0576. The molecule has 0 aliphatic carbocycles. The molecule has 2 unspecified atom stereocenters. The molecule has 0 bridgehead atoms. The summed E-state index contributed by atoms with van der Waals surface area (Å²) < 4.78 is 33.1. The van der Waals surface area contributed by atoms with Gasteiger partial charge in [0, 0.05) is 19.4 Å². The van der Waals surface area contributed by atoms with Crippen molar-refractivity contribution in [2.45, 2.75) is 380 Å². The molecule has 0 heterocycles. The van der Waals surface area contributed by atoms with E-state index in [4.69, 9.17) is 24.3 Å². The molecular formula is C69H134NO8P. The Morgan fingerprint density at radius 1 is 0.380 bits per heavy atom. The molecule has 0 saturated heterocycles. The molecule has 2 atom stereocenters. The Labute approximate surface area is 491 Å². The van der Waals surface area contributed by atoms with E-state index in [0.717, 1.165) is 38.5 Å². The second-order valence-corrected chi connectivity index (χ2v) is 25.2. The van der Waals surface area contributed by atoms with Crippen LogP contribution in [0.4, 0.5) is 0 Å². The average molecular weight is 1140 g/mol. The minimum atomic E-state index is -4.38. The number of carbonyl (C=O) groups excluding carboxylic acids is 2. The van der Waals surface area contributed by atoms with Gasteiger partial charge in [0.05, 0.1) is 13.2 Å². The van der Waals surface area contributed by atoms with E-state index < -0.39 is 26.5 Å². The summed E-state index contributed by atoms with van der Waals surface area (Å²) in [7, 11) is -4.38. The Morgan fingerprint density at radius 3 is 0.962 bits per heavy atom. The number of nitrogens with two attached hydrogens (primary N) is 1. The van der Waals surface area contributed by atoms with Crippen LogP contribution in [0.3, 0.4) is 0 Å². The number of allylic oxidation sites excluding steroid dienone is 4. The first-order valence-electron chi connectivity index (χ1n) is 34.8.